The lowest BCUT2D eigenvalue weighted by Crippen LogP contribution is -2.23. The first-order valence-electron chi connectivity index (χ1n) is 5.21. The van der Waals surface area contributed by atoms with E-state index in [2.05, 4.69) is 5.32 Å². The van der Waals surface area contributed by atoms with Crippen LogP contribution in [0.4, 0.5) is 27.6 Å². The molecule has 106 valence electrons. The third-order valence-electron chi connectivity index (χ3n) is 2.79. The molecule has 1 saturated heterocycles. The van der Waals surface area contributed by atoms with E-state index in [-0.39, 0.29) is 12.2 Å². The lowest BCUT2D eigenvalue weighted by Gasteiger charge is -2.15. The smallest absolute Gasteiger partial charge is 0.200 e. The van der Waals surface area contributed by atoms with E-state index in [0.717, 1.165) is 0 Å². The SMILES string of the molecule is O=S1(=O)CCC(Nc2c(F)c(F)c(F)c(F)c2F)C1. The zero-order valence-corrected chi connectivity index (χ0v) is 10.1. The van der Waals surface area contributed by atoms with Crippen LogP contribution in [0.2, 0.25) is 0 Å². The van der Waals surface area contributed by atoms with Crippen molar-refractivity contribution in [3.63, 3.8) is 0 Å². The van der Waals surface area contributed by atoms with Gasteiger partial charge in [-0.05, 0) is 6.42 Å². The van der Waals surface area contributed by atoms with Gasteiger partial charge in [-0.15, -0.1) is 0 Å². The van der Waals surface area contributed by atoms with E-state index in [0.29, 0.717) is 0 Å². The molecule has 19 heavy (non-hydrogen) atoms. The molecular weight excluding hydrogens is 293 g/mol. The number of halogens is 5. The first-order valence-corrected chi connectivity index (χ1v) is 7.03. The molecule has 1 aromatic rings. The first-order chi connectivity index (χ1) is 8.73. The van der Waals surface area contributed by atoms with Crippen LogP contribution in [-0.2, 0) is 9.84 Å². The van der Waals surface area contributed by atoms with E-state index in [4.69, 9.17) is 0 Å². The summed E-state index contributed by atoms with van der Waals surface area (Å²) in [6.07, 6.45) is 0.0435. The van der Waals surface area contributed by atoms with Crippen LogP contribution in [0.3, 0.4) is 0 Å². The molecule has 0 bridgehead atoms. The van der Waals surface area contributed by atoms with Crippen molar-refractivity contribution in [2.24, 2.45) is 0 Å². The van der Waals surface area contributed by atoms with Gasteiger partial charge in [-0.3, -0.25) is 0 Å². The van der Waals surface area contributed by atoms with Gasteiger partial charge in [0.2, 0.25) is 5.82 Å². The average molecular weight is 301 g/mol. The van der Waals surface area contributed by atoms with Crippen LogP contribution >= 0.6 is 0 Å². The van der Waals surface area contributed by atoms with Crippen LogP contribution in [0.15, 0.2) is 0 Å². The fraction of sp³-hybridized carbons (Fsp3) is 0.400. The molecule has 0 radical (unpaired) electrons. The van der Waals surface area contributed by atoms with Gasteiger partial charge in [0.25, 0.3) is 0 Å². The lowest BCUT2D eigenvalue weighted by atomic mass is 10.2. The predicted molar refractivity (Wildman–Crippen MR) is 56.9 cm³/mol. The van der Waals surface area contributed by atoms with E-state index < -0.39 is 56.4 Å². The number of rotatable bonds is 2. The maximum atomic E-state index is 13.3. The highest BCUT2D eigenvalue weighted by molar-refractivity contribution is 7.91. The van der Waals surface area contributed by atoms with E-state index in [9.17, 15) is 30.4 Å². The van der Waals surface area contributed by atoms with Crippen LogP contribution in [0.5, 0.6) is 0 Å². The van der Waals surface area contributed by atoms with Gasteiger partial charge in [-0.25, -0.2) is 30.4 Å². The van der Waals surface area contributed by atoms with Crippen LogP contribution in [0.25, 0.3) is 0 Å². The quantitative estimate of drug-likeness (QED) is 0.516. The molecule has 2 rings (SSSR count). The second kappa shape index (κ2) is 4.62. The van der Waals surface area contributed by atoms with Crippen molar-refractivity contribution in [1.29, 1.82) is 0 Å². The highest BCUT2D eigenvalue weighted by Crippen LogP contribution is 2.29. The summed E-state index contributed by atoms with van der Waals surface area (Å²) in [4.78, 5) is 0. The highest BCUT2D eigenvalue weighted by Gasteiger charge is 2.32. The van der Waals surface area contributed by atoms with Crippen LogP contribution in [-0.4, -0.2) is 26.0 Å². The van der Waals surface area contributed by atoms with Gasteiger partial charge in [0.15, 0.2) is 33.1 Å². The van der Waals surface area contributed by atoms with Crippen LogP contribution < -0.4 is 5.32 Å². The summed E-state index contributed by atoms with van der Waals surface area (Å²) in [5.41, 5.74) is -1.20. The summed E-state index contributed by atoms with van der Waals surface area (Å²) in [5, 5.41) is 2.07. The van der Waals surface area contributed by atoms with E-state index in [1.54, 1.807) is 0 Å². The summed E-state index contributed by atoms with van der Waals surface area (Å²) in [7, 11) is -3.34. The van der Waals surface area contributed by atoms with Crippen molar-refractivity contribution in [3.8, 4) is 0 Å². The molecule has 1 aliphatic heterocycles. The largest absolute Gasteiger partial charge is 0.376 e. The monoisotopic (exact) mass is 301 g/mol. The zero-order chi connectivity index (χ0) is 14.4. The topological polar surface area (TPSA) is 46.2 Å². The van der Waals surface area contributed by atoms with Gasteiger partial charge >= 0.3 is 0 Å². The molecule has 1 aromatic carbocycles. The minimum absolute atomic E-state index is 0.0435. The number of benzene rings is 1. The Morgan fingerprint density at radius 1 is 0.895 bits per heavy atom. The summed E-state index contributed by atoms with van der Waals surface area (Å²) < 4.78 is 87.5. The molecule has 1 aliphatic rings. The fourth-order valence-electron chi connectivity index (χ4n) is 1.84. The van der Waals surface area contributed by atoms with Crippen molar-refractivity contribution in [3.05, 3.63) is 29.1 Å². The molecule has 3 nitrogen and oxygen atoms in total. The predicted octanol–water partition coefficient (Wildman–Crippen LogP) is 1.98. The second-order valence-corrected chi connectivity index (χ2v) is 6.42. The second-order valence-electron chi connectivity index (χ2n) is 4.19. The molecule has 0 aromatic heterocycles. The molecule has 0 aliphatic carbocycles. The minimum atomic E-state index is -3.34. The average Bonchev–Trinajstić information content (AvgIpc) is 2.69. The van der Waals surface area contributed by atoms with Crippen LogP contribution in [0.1, 0.15) is 6.42 Å². The molecule has 1 fully saturated rings. The molecule has 1 atom stereocenters. The Bertz CT molecular complexity index is 602. The molecule has 0 amide bonds. The third kappa shape index (κ3) is 2.51. The van der Waals surface area contributed by atoms with Gasteiger partial charge in [-0.2, -0.15) is 0 Å². The molecular formula is C10H8F5NO2S. The zero-order valence-electron chi connectivity index (χ0n) is 9.31. The Hall–Kier alpha value is -1.38. The van der Waals surface area contributed by atoms with Crippen molar-refractivity contribution >= 4 is 15.5 Å². The maximum Gasteiger partial charge on any atom is 0.200 e. The standard InChI is InChI=1S/C10H8F5NO2S/c11-5-6(12)8(14)10(9(15)7(5)13)16-4-1-2-19(17,18)3-4/h4,16H,1-3H2. The Labute approximate surface area is 105 Å². The molecule has 1 unspecified atom stereocenters. The number of anilines is 1. The van der Waals surface area contributed by atoms with Gasteiger partial charge in [-0.1, -0.05) is 0 Å². The number of nitrogens with one attached hydrogen (secondary N) is 1. The Balaban J connectivity index is 2.36. The lowest BCUT2D eigenvalue weighted by molar-refractivity contribution is 0.381. The molecule has 0 spiro atoms. The summed E-state index contributed by atoms with van der Waals surface area (Å²) >= 11 is 0. The van der Waals surface area contributed by atoms with Crippen molar-refractivity contribution < 1.29 is 30.4 Å². The summed E-state index contributed by atoms with van der Waals surface area (Å²) in [6, 6.07) is -0.877. The van der Waals surface area contributed by atoms with Crippen molar-refractivity contribution in [2.45, 2.75) is 12.5 Å². The van der Waals surface area contributed by atoms with Crippen molar-refractivity contribution in [2.75, 3.05) is 16.8 Å². The number of hydrogen-bond acceptors (Lipinski definition) is 3. The molecule has 0 saturated carbocycles. The Morgan fingerprint density at radius 2 is 1.37 bits per heavy atom. The first kappa shape index (κ1) is 14.0. The summed E-state index contributed by atoms with van der Waals surface area (Å²) in [5.74, 6) is -11.0. The van der Waals surface area contributed by atoms with Gasteiger partial charge in [0.05, 0.1) is 11.5 Å². The minimum Gasteiger partial charge on any atom is -0.376 e. The van der Waals surface area contributed by atoms with Gasteiger partial charge in [0, 0.05) is 6.04 Å². The molecule has 9 heteroatoms. The fourth-order valence-corrected chi connectivity index (χ4v) is 3.52. The molecule has 1 heterocycles. The van der Waals surface area contributed by atoms with E-state index in [1.807, 2.05) is 0 Å². The third-order valence-corrected chi connectivity index (χ3v) is 4.56. The number of sulfone groups is 1. The van der Waals surface area contributed by atoms with E-state index >= 15 is 0 Å². The summed E-state index contributed by atoms with van der Waals surface area (Å²) in [6.45, 7) is 0. The highest BCUT2D eigenvalue weighted by atomic mass is 32.2. The van der Waals surface area contributed by atoms with E-state index in [1.165, 1.54) is 0 Å². The number of hydrogen-bond donors (Lipinski definition) is 1. The van der Waals surface area contributed by atoms with Gasteiger partial charge < -0.3 is 5.32 Å². The Morgan fingerprint density at radius 3 is 1.79 bits per heavy atom. The normalized spacial score (nSPS) is 21.6. The van der Waals surface area contributed by atoms with Gasteiger partial charge in [0.1, 0.15) is 5.69 Å². The Kier molecular flexibility index (Phi) is 3.41. The maximum absolute atomic E-state index is 13.3. The molecule has 1 N–H and O–H groups in total. The van der Waals surface area contributed by atoms with Crippen LogP contribution in [0, 0.1) is 29.1 Å². The van der Waals surface area contributed by atoms with Crippen molar-refractivity contribution in [1.82, 2.24) is 0 Å².